The monoisotopic (exact) mass is 430 g/mol. The molecule has 2 aromatic rings. The van der Waals surface area contributed by atoms with Crippen LogP contribution in [0, 0.1) is 0 Å². The predicted octanol–water partition coefficient (Wildman–Crippen LogP) is 3.95. The van der Waals surface area contributed by atoms with E-state index in [1.54, 1.807) is 0 Å². The second-order valence-corrected chi connectivity index (χ2v) is 8.24. The standard InChI is InChI=1S/C24H31ClN2O3/c25-22-8-4-6-20(15-22)16-27-17-21-14-19(7-5-12-28)9-10-23(21)30-13-3-1-2-11-26-24(29)18-27/h4,6,8-10,14-15,28H,1-3,5,7,11-13,16-18H2,(H,26,29). The summed E-state index contributed by atoms with van der Waals surface area (Å²) in [5.41, 5.74) is 3.31. The fraction of sp³-hybridized carbons (Fsp3) is 0.458. The number of aryl methyl sites for hydroxylation is 1. The van der Waals surface area contributed by atoms with Gasteiger partial charge in [0.05, 0.1) is 13.2 Å². The molecule has 1 heterocycles. The van der Waals surface area contributed by atoms with Crippen molar-refractivity contribution in [3.63, 3.8) is 0 Å². The van der Waals surface area contributed by atoms with Crippen molar-refractivity contribution in [2.24, 2.45) is 0 Å². The molecule has 162 valence electrons. The lowest BCUT2D eigenvalue weighted by atomic mass is 10.0. The Morgan fingerprint density at radius 3 is 2.80 bits per heavy atom. The number of nitrogens with zero attached hydrogens (tertiary/aromatic N) is 1. The third kappa shape index (κ3) is 7.31. The van der Waals surface area contributed by atoms with Gasteiger partial charge in [0, 0.05) is 36.8 Å². The quantitative estimate of drug-likeness (QED) is 0.754. The molecule has 30 heavy (non-hydrogen) atoms. The Hall–Kier alpha value is -2.08. The van der Waals surface area contributed by atoms with E-state index in [0.29, 0.717) is 37.8 Å². The first-order valence-corrected chi connectivity index (χ1v) is 11.1. The molecule has 1 aliphatic rings. The fourth-order valence-electron chi connectivity index (χ4n) is 3.71. The number of hydrogen-bond donors (Lipinski definition) is 2. The van der Waals surface area contributed by atoms with Crippen LogP contribution in [0.2, 0.25) is 5.02 Å². The van der Waals surface area contributed by atoms with Crippen molar-refractivity contribution in [2.75, 3.05) is 26.3 Å². The molecule has 0 fully saturated rings. The largest absolute Gasteiger partial charge is 0.493 e. The predicted molar refractivity (Wildman–Crippen MR) is 120 cm³/mol. The summed E-state index contributed by atoms with van der Waals surface area (Å²) in [7, 11) is 0. The average molecular weight is 431 g/mol. The number of aliphatic hydroxyl groups excluding tert-OH is 1. The topological polar surface area (TPSA) is 61.8 Å². The number of hydrogen-bond acceptors (Lipinski definition) is 4. The molecule has 0 radical (unpaired) electrons. The Balaban J connectivity index is 1.86. The molecule has 1 aliphatic heterocycles. The highest BCUT2D eigenvalue weighted by atomic mass is 35.5. The van der Waals surface area contributed by atoms with Crippen molar-refractivity contribution >= 4 is 17.5 Å². The Morgan fingerprint density at radius 1 is 1.07 bits per heavy atom. The molecule has 0 aromatic heterocycles. The van der Waals surface area contributed by atoms with Gasteiger partial charge in [-0.3, -0.25) is 9.69 Å². The summed E-state index contributed by atoms with van der Waals surface area (Å²) >= 11 is 6.17. The molecule has 2 aromatic carbocycles. The molecule has 2 N–H and O–H groups in total. The van der Waals surface area contributed by atoms with E-state index in [1.165, 1.54) is 5.56 Å². The number of amides is 1. The molecule has 0 spiro atoms. The van der Waals surface area contributed by atoms with Crippen molar-refractivity contribution < 1.29 is 14.6 Å². The van der Waals surface area contributed by atoms with Gasteiger partial charge in [-0.15, -0.1) is 0 Å². The fourth-order valence-corrected chi connectivity index (χ4v) is 3.92. The van der Waals surface area contributed by atoms with Gasteiger partial charge in [-0.2, -0.15) is 0 Å². The summed E-state index contributed by atoms with van der Waals surface area (Å²) < 4.78 is 6.10. The van der Waals surface area contributed by atoms with E-state index in [1.807, 2.05) is 30.3 Å². The maximum atomic E-state index is 12.5. The highest BCUT2D eigenvalue weighted by Gasteiger charge is 2.16. The van der Waals surface area contributed by atoms with Crippen LogP contribution in [-0.2, 0) is 24.3 Å². The van der Waals surface area contributed by atoms with Crippen LogP contribution >= 0.6 is 11.6 Å². The van der Waals surface area contributed by atoms with Gasteiger partial charge in [0.2, 0.25) is 5.91 Å². The maximum absolute atomic E-state index is 12.5. The molecule has 6 heteroatoms. The lowest BCUT2D eigenvalue weighted by Crippen LogP contribution is -2.37. The van der Waals surface area contributed by atoms with Gasteiger partial charge in [-0.05, 0) is 61.4 Å². The smallest absolute Gasteiger partial charge is 0.234 e. The Morgan fingerprint density at radius 2 is 1.97 bits per heavy atom. The van der Waals surface area contributed by atoms with Gasteiger partial charge in [-0.25, -0.2) is 0 Å². The first-order chi connectivity index (χ1) is 14.6. The Labute approximate surface area is 184 Å². The van der Waals surface area contributed by atoms with Gasteiger partial charge < -0.3 is 15.2 Å². The molecule has 0 saturated heterocycles. The number of carbonyl (C=O) groups is 1. The number of carbonyl (C=O) groups excluding carboxylic acids is 1. The van der Waals surface area contributed by atoms with Gasteiger partial charge >= 0.3 is 0 Å². The highest BCUT2D eigenvalue weighted by Crippen LogP contribution is 2.24. The zero-order chi connectivity index (χ0) is 21.2. The van der Waals surface area contributed by atoms with Crippen LogP contribution in [-0.4, -0.2) is 42.2 Å². The first-order valence-electron chi connectivity index (χ1n) is 10.7. The number of rotatable bonds is 5. The lowest BCUT2D eigenvalue weighted by molar-refractivity contribution is -0.122. The minimum Gasteiger partial charge on any atom is -0.493 e. The van der Waals surface area contributed by atoms with Crippen molar-refractivity contribution in [1.29, 1.82) is 0 Å². The molecule has 1 amide bonds. The summed E-state index contributed by atoms with van der Waals surface area (Å²) in [5.74, 6) is 0.911. The zero-order valence-corrected chi connectivity index (χ0v) is 18.2. The molecule has 3 rings (SSSR count). The molecular weight excluding hydrogens is 400 g/mol. The van der Waals surface area contributed by atoms with Gasteiger partial charge in [0.15, 0.2) is 0 Å². The number of fused-ring (bicyclic) bond motifs is 1. The van der Waals surface area contributed by atoms with Crippen LogP contribution in [0.3, 0.4) is 0 Å². The van der Waals surface area contributed by atoms with Crippen molar-refractivity contribution in [3.05, 3.63) is 64.2 Å². The van der Waals surface area contributed by atoms with Crippen molar-refractivity contribution in [3.8, 4) is 5.75 Å². The Kier molecular flexibility index (Phi) is 9.00. The van der Waals surface area contributed by atoms with Crippen molar-refractivity contribution in [2.45, 2.75) is 45.2 Å². The van der Waals surface area contributed by atoms with Crippen LogP contribution in [0.5, 0.6) is 5.75 Å². The number of aliphatic hydroxyl groups is 1. The van der Waals surface area contributed by atoms with E-state index >= 15 is 0 Å². The summed E-state index contributed by atoms with van der Waals surface area (Å²) in [6.07, 6.45) is 4.49. The maximum Gasteiger partial charge on any atom is 0.234 e. The SMILES string of the molecule is O=C1CN(Cc2cccc(Cl)c2)Cc2cc(CCCO)ccc2OCCCCCN1. The molecular formula is C24H31ClN2O3. The van der Waals surface area contributed by atoms with E-state index in [0.717, 1.165) is 49.0 Å². The molecule has 0 aliphatic carbocycles. The number of halogens is 1. The first kappa shape index (κ1) is 22.6. The number of ether oxygens (including phenoxy) is 1. The van der Waals surface area contributed by atoms with Crippen LogP contribution in [0.25, 0.3) is 0 Å². The van der Waals surface area contributed by atoms with E-state index < -0.39 is 0 Å². The van der Waals surface area contributed by atoms with E-state index in [2.05, 4.69) is 22.3 Å². The Bertz CT molecular complexity index is 828. The summed E-state index contributed by atoms with van der Waals surface area (Å²) in [6.45, 7) is 3.07. The number of benzene rings is 2. The third-order valence-corrected chi connectivity index (χ3v) is 5.44. The molecule has 5 nitrogen and oxygen atoms in total. The zero-order valence-electron chi connectivity index (χ0n) is 17.4. The van der Waals surface area contributed by atoms with E-state index in [9.17, 15) is 9.90 Å². The van der Waals surface area contributed by atoms with Gasteiger partial charge in [-0.1, -0.05) is 35.9 Å². The van der Waals surface area contributed by atoms with E-state index in [4.69, 9.17) is 16.3 Å². The van der Waals surface area contributed by atoms with Crippen LogP contribution in [0.4, 0.5) is 0 Å². The molecule has 0 atom stereocenters. The normalized spacial score (nSPS) is 16.4. The molecule has 0 saturated carbocycles. The van der Waals surface area contributed by atoms with Crippen LogP contribution in [0.1, 0.15) is 42.4 Å². The van der Waals surface area contributed by atoms with E-state index in [-0.39, 0.29) is 12.5 Å². The molecule has 0 unspecified atom stereocenters. The van der Waals surface area contributed by atoms with Gasteiger partial charge in [0.25, 0.3) is 0 Å². The summed E-state index contributed by atoms with van der Waals surface area (Å²) in [5, 5.41) is 12.9. The van der Waals surface area contributed by atoms with Crippen LogP contribution < -0.4 is 10.1 Å². The van der Waals surface area contributed by atoms with Crippen LogP contribution in [0.15, 0.2) is 42.5 Å². The molecule has 0 bridgehead atoms. The second kappa shape index (κ2) is 11.9. The van der Waals surface area contributed by atoms with Gasteiger partial charge in [0.1, 0.15) is 5.75 Å². The highest BCUT2D eigenvalue weighted by molar-refractivity contribution is 6.30. The average Bonchev–Trinajstić information content (AvgIpc) is 2.73. The summed E-state index contributed by atoms with van der Waals surface area (Å²) in [4.78, 5) is 14.7. The minimum atomic E-state index is 0.0372. The second-order valence-electron chi connectivity index (χ2n) is 7.80. The third-order valence-electron chi connectivity index (χ3n) is 5.21. The summed E-state index contributed by atoms with van der Waals surface area (Å²) in [6, 6.07) is 14.0. The lowest BCUT2D eigenvalue weighted by Gasteiger charge is -2.24. The number of nitrogens with one attached hydrogen (secondary N) is 1. The van der Waals surface area contributed by atoms with Crippen molar-refractivity contribution in [1.82, 2.24) is 10.2 Å². The minimum absolute atomic E-state index is 0.0372.